The SMILES string of the molecule is CC(C)(C)C(Cn1ccnc1)NC(=O)Nc1ccc2[nH]ncc2c1. The second-order valence-electron chi connectivity index (χ2n) is 6.95. The van der Waals surface area contributed by atoms with Crippen molar-refractivity contribution in [3.05, 3.63) is 43.1 Å². The van der Waals surface area contributed by atoms with Crippen LogP contribution in [0.25, 0.3) is 10.9 Å². The standard InChI is InChI=1S/C17H22N6O/c1-17(2,3)15(10-23-7-6-18-11-23)21-16(24)20-13-4-5-14-12(8-13)9-19-22-14/h4-9,11,15H,10H2,1-3H3,(H,19,22)(H2,20,21,24). The van der Waals surface area contributed by atoms with Crippen molar-refractivity contribution in [3.8, 4) is 0 Å². The van der Waals surface area contributed by atoms with Gasteiger partial charge in [0.25, 0.3) is 0 Å². The van der Waals surface area contributed by atoms with Crippen molar-refractivity contribution >= 4 is 22.6 Å². The lowest BCUT2D eigenvalue weighted by Gasteiger charge is -2.31. The van der Waals surface area contributed by atoms with Gasteiger partial charge in [-0.15, -0.1) is 0 Å². The van der Waals surface area contributed by atoms with Gasteiger partial charge in [-0.25, -0.2) is 9.78 Å². The maximum atomic E-state index is 12.4. The number of H-pyrrole nitrogens is 1. The van der Waals surface area contributed by atoms with Gasteiger partial charge >= 0.3 is 6.03 Å². The summed E-state index contributed by atoms with van der Waals surface area (Å²) >= 11 is 0. The van der Waals surface area contributed by atoms with Crippen molar-refractivity contribution in [2.24, 2.45) is 5.41 Å². The average Bonchev–Trinajstić information content (AvgIpc) is 3.16. The predicted molar refractivity (Wildman–Crippen MR) is 93.7 cm³/mol. The van der Waals surface area contributed by atoms with Crippen LogP contribution in [0.15, 0.2) is 43.1 Å². The molecular weight excluding hydrogens is 304 g/mol. The van der Waals surface area contributed by atoms with Gasteiger partial charge in [0, 0.05) is 30.0 Å². The van der Waals surface area contributed by atoms with E-state index in [4.69, 9.17) is 0 Å². The highest BCUT2D eigenvalue weighted by Crippen LogP contribution is 2.21. The molecule has 24 heavy (non-hydrogen) atoms. The van der Waals surface area contributed by atoms with Crippen molar-refractivity contribution in [3.63, 3.8) is 0 Å². The molecule has 126 valence electrons. The first-order valence-electron chi connectivity index (χ1n) is 7.88. The van der Waals surface area contributed by atoms with E-state index in [0.29, 0.717) is 6.54 Å². The normalized spacial score (nSPS) is 13.0. The van der Waals surface area contributed by atoms with Gasteiger partial charge in [-0.05, 0) is 23.6 Å². The van der Waals surface area contributed by atoms with Crippen molar-refractivity contribution in [1.29, 1.82) is 0 Å². The van der Waals surface area contributed by atoms with E-state index >= 15 is 0 Å². The minimum Gasteiger partial charge on any atom is -0.335 e. The van der Waals surface area contributed by atoms with Crippen LogP contribution >= 0.6 is 0 Å². The lowest BCUT2D eigenvalue weighted by Crippen LogP contribution is -2.47. The minimum atomic E-state index is -0.224. The number of amides is 2. The summed E-state index contributed by atoms with van der Waals surface area (Å²) in [5.74, 6) is 0. The number of nitrogens with one attached hydrogen (secondary N) is 3. The Morgan fingerprint density at radius 3 is 2.92 bits per heavy atom. The number of aromatic amines is 1. The molecule has 1 unspecified atom stereocenters. The van der Waals surface area contributed by atoms with E-state index in [-0.39, 0.29) is 17.5 Å². The molecule has 0 aliphatic carbocycles. The molecule has 0 radical (unpaired) electrons. The lowest BCUT2D eigenvalue weighted by atomic mass is 9.86. The van der Waals surface area contributed by atoms with Crippen molar-refractivity contribution in [2.75, 3.05) is 5.32 Å². The van der Waals surface area contributed by atoms with Crippen LogP contribution in [0.5, 0.6) is 0 Å². The second kappa shape index (κ2) is 6.35. The summed E-state index contributed by atoms with van der Waals surface area (Å²) < 4.78 is 1.97. The maximum Gasteiger partial charge on any atom is 0.319 e. The summed E-state index contributed by atoms with van der Waals surface area (Å²) in [6, 6.07) is 5.37. The van der Waals surface area contributed by atoms with Gasteiger partial charge in [-0.1, -0.05) is 20.8 Å². The molecule has 2 aromatic heterocycles. The Morgan fingerprint density at radius 1 is 1.38 bits per heavy atom. The van der Waals surface area contributed by atoms with Gasteiger partial charge in [0.05, 0.1) is 24.1 Å². The summed E-state index contributed by atoms with van der Waals surface area (Å²) in [6.45, 7) is 6.98. The quantitative estimate of drug-likeness (QED) is 0.689. The monoisotopic (exact) mass is 326 g/mol. The number of benzene rings is 1. The first-order valence-corrected chi connectivity index (χ1v) is 7.88. The molecule has 0 fully saturated rings. The molecular formula is C17H22N6O. The number of anilines is 1. The number of fused-ring (bicyclic) bond motifs is 1. The van der Waals surface area contributed by atoms with E-state index < -0.39 is 0 Å². The highest BCUT2D eigenvalue weighted by atomic mass is 16.2. The zero-order valence-corrected chi connectivity index (χ0v) is 14.1. The molecule has 0 saturated carbocycles. The molecule has 0 aliphatic heterocycles. The van der Waals surface area contributed by atoms with Crippen molar-refractivity contribution in [2.45, 2.75) is 33.4 Å². The third-order valence-corrected chi connectivity index (χ3v) is 4.00. The lowest BCUT2D eigenvalue weighted by molar-refractivity contribution is 0.219. The van der Waals surface area contributed by atoms with E-state index in [9.17, 15) is 4.79 Å². The Labute approximate surface area is 140 Å². The number of hydrogen-bond acceptors (Lipinski definition) is 3. The summed E-state index contributed by atoms with van der Waals surface area (Å²) in [5, 5.41) is 13.8. The Balaban J connectivity index is 1.68. The number of nitrogens with zero attached hydrogens (tertiary/aromatic N) is 3. The van der Waals surface area contributed by atoms with Crippen LogP contribution in [0.2, 0.25) is 0 Å². The third kappa shape index (κ3) is 3.73. The molecule has 7 nitrogen and oxygen atoms in total. The zero-order valence-electron chi connectivity index (χ0n) is 14.1. The number of aromatic nitrogens is 4. The number of carbonyl (C=O) groups excluding carboxylic acids is 1. The Kier molecular flexibility index (Phi) is 4.24. The molecule has 0 spiro atoms. The van der Waals surface area contributed by atoms with Crippen LogP contribution in [0, 0.1) is 5.41 Å². The number of carbonyl (C=O) groups is 1. The van der Waals surface area contributed by atoms with Gasteiger partial charge < -0.3 is 15.2 Å². The molecule has 3 N–H and O–H groups in total. The van der Waals surface area contributed by atoms with Gasteiger partial charge in [-0.2, -0.15) is 5.10 Å². The molecule has 1 aromatic carbocycles. The fourth-order valence-corrected chi connectivity index (χ4v) is 2.49. The predicted octanol–water partition coefficient (Wildman–Crippen LogP) is 3.00. The Morgan fingerprint density at radius 2 is 2.21 bits per heavy atom. The minimum absolute atomic E-state index is 0.0376. The van der Waals surface area contributed by atoms with Crippen molar-refractivity contribution in [1.82, 2.24) is 25.1 Å². The van der Waals surface area contributed by atoms with E-state index in [1.54, 1.807) is 18.7 Å². The molecule has 3 rings (SSSR count). The van der Waals surface area contributed by atoms with Crippen LogP contribution in [0.1, 0.15) is 20.8 Å². The van der Waals surface area contributed by atoms with E-state index in [1.165, 1.54) is 0 Å². The van der Waals surface area contributed by atoms with E-state index in [1.807, 2.05) is 29.0 Å². The highest BCUT2D eigenvalue weighted by molar-refractivity contribution is 5.92. The molecule has 0 saturated heterocycles. The smallest absolute Gasteiger partial charge is 0.319 e. The Hall–Kier alpha value is -2.83. The third-order valence-electron chi connectivity index (χ3n) is 4.00. The fourth-order valence-electron chi connectivity index (χ4n) is 2.49. The molecule has 3 aromatic rings. The van der Waals surface area contributed by atoms with Gasteiger partial charge in [0.15, 0.2) is 0 Å². The van der Waals surface area contributed by atoms with Gasteiger partial charge in [0.2, 0.25) is 0 Å². The number of hydrogen-bond donors (Lipinski definition) is 3. The van der Waals surface area contributed by atoms with E-state index in [2.05, 4.69) is 46.6 Å². The molecule has 1 atom stereocenters. The highest BCUT2D eigenvalue weighted by Gasteiger charge is 2.26. The summed E-state index contributed by atoms with van der Waals surface area (Å²) in [4.78, 5) is 16.5. The largest absolute Gasteiger partial charge is 0.335 e. The number of imidazole rings is 1. The average molecular weight is 326 g/mol. The summed E-state index contributed by atoms with van der Waals surface area (Å²) in [7, 11) is 0. The maximum absolute atomic E-state index is 12.4. The van der Waals surface area contributed by atoms with E-state index in [0.717, 1.165) is 16.6 Å². The van der Waals surface area contributed by atoms with Crippen LogP contribution in [-0.4, -0.2) is 31.8 Å². The molecule has 0 aliphatic rings. The molecule has 2 heterocycles. The fraction of sp³-hybridized carbons (Fsp3) is 0.353. The topological polar surface area (TPSA) is 87.6 Å². The zero-order chi connectivity index (χ0) is 17.2. The van der Waals surface area contributed by atoms with Crippen molar-refractivity contribution < 1.29 is 4.79 Å². The van der Waals surface area contributed by atoms with Crippen LogP contribution in [0.4, 0.5) is 10.5 Å². The summed E-state index contributed by atoms with van der Waals surface area (Å²) in [6.07, 6.45) is 7.12. The van der Waals surface area contributed by atoms with Crippen LogP contribution < -0.4 is 10.6 Å². The first kappa shape index (κ1) is 16.0. The molecule has 0 bridgehead atoms. The molecule has 2 amide bonds. The second-order valence-corrected chi connectivity index (χ2v) is 6.95. The Bertz CT molecular complexity index is 815. The molecule has 7 heteroatoms. The van der Waals surface area contributed by atoms with Crippen LogP contribution in [-0.2, 0) is 6.54 Å². The summed E-state index contributed by atoms with van der Waals surface area (Å²) in [5.41, 5.74) is 1.58. The van der Waals surface area contributed by atoms with Gasteiger partial charge in [0.1, 0.15) is 0 Å². The number of urea groups is 1. The number of rotatable bonds is 4. The van der Waals surface area contributed by atoms with Gasteiger partial charge in [-0.3, -0.25) is 5.10 Å². The van der Waals surface area contributed by atoms with Crippen LogP contribution in [0.3, 0.4) is 0 Å². The first-order chi connectivity index (χ1) is 11.4.